The van der Waals surface area contributed by atoms with Crippen LogP contribution < -0.4 is 9.77 Å². The number of imide groups is 1. The second-order valence-corrected chi connectivity index (χ2v) is 8.53. The van der Waals surface area contributed by atoms with Crippen molar-refractivity contribution in [3.8, 4) is 0 Å². The molecule has 0 unspecified atom stereocenters. The molecule has 3 heterocycles. The van der Waals surface area contributed by atoms with Gasteiger partial charge in [-0.3, -0.25) is 14.4 Å². The first-order chi connectivity index (χ1) is 11.3. The van der Waals surface area contributed by atoms with Crippen LogP contribution in [0.5, 0.6) is 0 Å². The number of anilines is 1. The fourth-order valence-electron chi connectivity index (χ4n) is 3.39. The SMILES string of the molecule is CC1(C)c2sc(=O)[nH]c2S[C@H]2C(=O)N(c3ccc(F)cc3)C(=O)[C@H]21. The van der Waals surface area contributed by atoms with Crippen molar-refractivity contribution in [1.29, 1.82) is 0 Å². The number of aromatic amines is 1. The summed E-state index contributed by atoms with van der Waals surface area (Å²) in [5.41, 5.74) is -0.259. The first-order valence-electron chi connectivity index (χ1n) is 7.34. The number of nitrogens with zero attached hydrogens (tertiary/aromatic N) is 1. The highest BCUT2D eigenvalue weighted by atomic mass is 32.2. The predicted molar refractivity (Wildman–Crippen MR) is 90.0 cm³/mol. The molecule has 0 spiro atoms. The summed E-state index contributed by atoms with van der Waals surface area (Å²) in [6.07, 6.45) is 0. The molecule has 2 amide bonds. The van der Waals surface area contributed by atoms with E-state index in [1.54, 1.807) is 0 Å². The number of nitrogens with one attached hydrogen (secondary N) is 1. The van der Waals surface area contributed by atoms with Crippen LogP contribution in [0.25, 0.3) is 0 Å². The standard InChI is InChI=1S/C16H13FN2O3S2/c1-16(2)9-10(23-12-11(16)24-15(22)18-12)14(21)19(13(9)20)8-5-3-7(17)4-6-8/h3-6,9-10H,1-2H3,(H,18,22)/t9-,10+/m0/s1. The maximum atomic E-state index is 13.1. The Kier molecular flexibility index (Phi) is 3.27. The lowest BCUT2D eigenvalue weighted by Crippen LogP contribution is -2.41. The van der Waals surface area contributed by atoms with Crippen LogP contribution in [-0.4, -0.2) is 22.0 Å². The van der Waals surface area contributed by atoms with Crippen LogP contribution in [0, 0.1) is 11.7 Å². The number of halogens is 1. The molecule has 2 aliphatic rings. The molecular formula is C16H13FN2O3S2. The molecule has 2 aliphatic heterocycles. The van der Waals surface area contributed by atoms with Gasteiger partial charge in [0.25, 0.3) is 0 Å². The zero-order chi connectivity index (χ0) is 17.2. The number of carbonyl (C=O) groups excluding carboxylic acids is 2. The number of aromatic nitrogens is 1. The minimum Gasteiger partial charge on any atom is -0.307 e. The van der Waals surface area contributed by atoms with E-state index in [0.29, 0.717) is 10.7 Å². The van der Waals surface area contributed by atoms with E-state index >= 15 is 0 Å². The van der Waals surface area contributed by atoms with E-state index in [9.17, 15) is 18.8 Å². The summed E-state index contributed by atoms with van der Waals surface area (Å²) in [5, 5.41) is 0.0775. The smallest absolute Gasteiger partial charge is 0.305 e. The monoisotopic (exact) mass is 364 g/mol. The van der Waals surface area contributed by atoms with Crippen LogP contribution in [-0.2, 0) is 15.0 Å². The lowest BCUT2D eigenvalue weighted by atomic mass is 9.76. The Bertz CT molecular complexity index is 916. The van der Waals surface area contributed by atoms with Gasteiger partial charge in [0.2, 0.25) is 11.8 Å². The van der Waals surface area contributed by atoms with E-state index in [1.165, 1.54) is 36.0 Å². The van der Waals surface area contributed by atoms with E-state index in [2.05, 4.69) is 4.98 Å². The summed E-state index contributed by atoms with van der Waals surface area (Å²) >= 11 is 2.32. The number of carbonyl (C=O) groups is 2. The van der Waals surface area contributed by atoms with Crippen molar-refractivity contribution >= 4 is 40.6 Å². The summed E-state index contributed by atoms with van der Waals surface area (Å²) in [6.45, 7) is 3.76. The highest BCUT2D eigenvalue weighted by Crippen LogP contribution is 2.53. The zero-order valence-electron chi connectivity index (χ0n) is 12.8. The number of hydrogen-bond acceptors (Lipinski definition) is 5. The highest BCUT2D eigenvalue weighted by molar-refractivity contribution is 8.00. The summed E-state index contributed by atoms with van der Waals surface area (Å²) in [6, 6.07) is 5.31. The minimum atomic E-state index is -0.628. The highest BCUT2D eigenvalue weighted by Gasteiger charge is 2.59. The largest absolute Gasteiger partial charge is 0.307 e. The molecule has 24 heavy (non-hydrogen) atoms. The zero-order valence-corrected chi connectivity index (χ0v) is 14.5. The van der Waals surface area contributed by atoms with Gasteiger partial charge in [-0.15, -0.1) is 0 Å². The van der Waals surface area contributed by atoms with Crippen LogP contribution in [0.15, 0.2) is 34.1 Å². The number of thiazole rings is 1. The number of amides is 2. The van der Waals surface area contributed by atoms with Gasteiger partial charge in [-0.25, -0.2) is 9.29 Å². The minimum absolute atomic E-state index is 0.184. The number of thioether (sulfide) groups is 1. The van der Waals surface area contributed by atoms with Crippen LogP contribution in [0.1, 0.15) is 18.7 Å². The Morgan fingerprint density at radius 3 is 2.46 bits per heavy atom. The Balaban J connectivity index is 1.81. The van der Waals surface area contributed by atoms with Crippen molar-refractivity contribution in [3.05, 3.63) is 44.6 Å². The summed E-state index contributed by atoms with van der Waals surface area (Å²) < 4.78 is 13.1. The van der Waals surface area contributed by atoms with Gasteiger partial charge in [0.15, 0.2) is 0 Å². The lowest BCUT2D eigenvalue weighted by Gasteiger charge is -2.36. The van der Waals surface area contributed by atoms with E-state index < -0.39 is 22.4 Å². The van der Waals surface area contributed by atoms with Crippen molar-refractivity contribution in [1.82, 2.24) is 4.98 Å². The van der Waals surface area contributed by atoms with Crippen molar-refractivity contribution in [3.63, 3.8) is 0 Å². The normalized spacial score (nSPS) is 24.9. The molecule has 1 aromatic carbocycles. The quantitative estimate of drug-likeness (QED) is 0.790. The second kappa shape index (κ2) is 5.03. The van der Waals surface area contributed by atoms with Crippen LogP contribution >= 0.6 is 23.1 Å². The summed E-state index contributed by atoms with van der Waals surface area (Å²) in [5.74, 6) is -1.61. The first kappa shape index (κ1) is 15.6. The topological polar surface area (TPSA) is 70.2 Å². The van der Waals surface area contributed by atoms with E-state index in [4.69, 9.17) is 0 Å². The molecule has 1 fully saturated rings. The average Bonchev–Trinajstić information content (AvgIpc) is 3.00. The Morgan fingerprint density at radius 1 is 1.12 bits per heavy atom. The number of hydrogen-bond donors (Lipinski definition) is 1. The van der Waals surface area contributed by atoms with Crippen LogP contribution in [0.3, 0.4) is 0 Å². The molecule has 2 atom stereocenters. The maximum Gasteiger partial charge on any atom is 0.305 e. The number of H-pyrrole nitrogens is 1. The van der Waals surface area contributed by atoms with Gasteiger partial charge in [0.05, 0.1) is 16.6 Å². The average molecular weight is 364 g/mol. The van der Waals surface area contributed by atoms with Gasteiger partial charge in [-0.2, -0.15) is 0 Å². The van der Waals surface area contributed by atoms with Gasteiger partial charge in [-0.05, 0) is 24.3 Å². The van der Waals surface area contributed by atoms with Gasteiger partial charge in [-0.1, -0.05) is 36.9 Å². The third-order valence-corrected chi connectivity index (χ3v) is 7.18. The van der Waals surface area contributed by atoms with E-state index in [0.717, 1.165) is 21.1 Å². The number of rotatable bonds is 1. The van der Waals surface area contributed by atoms with Crippen molar-refractivity contribution in [2.75, 3.05) is 4.90 Å². The lowest BCUT2D eigenvalue weighted by molar-refractivity contribution is -0.123. The predicted octanol–water partition coefficient (Wildman–Crippen LogP) is 2.52. The molecular weight excluding hydrogens is 351 g/mol. The Hall–Kier alpha value is -1.93. The molecule has 1 N–H and O–H groups in total. The third-order valence-electron chi connectivity index (χ3n) is 4.56. The van der Waals surface area contributed by atoms with Gasteiger partial charge >= 0.3 is 4.87 Å². The molecule has 4 rings (SSSR count). The van der Waals surface area contributed by atoms with Gasteiger partial charge in [0, 0.05) is 10.3 Å². The molecule has 0 radical (unpaired) electrons. The fraction of sp³-hybridized carbons (Fsp3) is 0.312. The molecule has 0 bridgehead atoms. The Labute approximate surface area is 144 Å². The van der Waals surface area contributed by atoms with Crippen LogP contribution in [0.4, 0.5) is 10.1 Å². The van der Waals surface area contributed by atoms with Crippen molar-refractivity contribution in [2.24, 2.45) is 5.92 Å². The molecule has 5 nitrogen and oxygen atoms in total. The van der Waals surface area contributed by atoms with Gasteiger partial charge in [0.1, 0.15) is 11.1 Å². The molecule has 124 valence electrons. The van der Waals surface area contributed by atoms with E-state index in [-0.39, 0.29) is 16.7 Å². The maximum absolute atomic E-state index is 13.1. The van der Waals surface area contributed by atoms with Gasteiger partial charge < -0.3 is 4.98 Å². The second-order valence-electron chi connectivity index (χ2n) is 6.40. The molecule has 0 saturated carbocycles. The molecule has 0 aliphatic carbocycles. The summed E-state index contributed by atoms with van der Waals surface area (Å²) in [4.78, 5) is 42.0. The first-order valence-corrected chi connectivity index (χ1v) is 9.04. The summed E-state index contributed by atoms with van der Waals surface area (Å²) in [7, 11) is 0. The molecule has 8 heteroatoms. The van der Waals surface area contributed by atoms with Crippen LogP contribution in [0.2, 0.25) is 0 Å². The number of fused-ring (bicyclic) bond motifs is 2. The van der Waals surface area contributed by atoms with Crippen molar-refractivity contribution in [2.45, 2.75) is 29.5 Å². The fourth-order valence-corrected chi connectivity index (χ4v) is 6.17. The molecule has 2 aromatic rings. The molecule has 1 aromatic heterocycles. The molecule has 1 saturated heterocycles. The third kappa shape index (κ3) is 2.02. The van der Waals surface area contributed by atoms with Crippen molar-refractivity contribution < 1.29 is 14.0 Å². The Morgan fingerprint density at radius 2 is 1.79 bits per heavy atom. The number of benzene rings is 1. The van der Waals surface area contributed by atoms with E-state index in [1.807, 2.05) is 13.8 Å².